The van der Waals surface area contributed by atoms with Crippen LogP contribution in [0.5, 0.6) is 0 Å². The van der Waals surface area contributed by atoms with Gasteiger partial charge in [0.25, 0.3) is 0 Å². The number of carbonyl (C=O) groups is 1. The summed E-state index contributed by atoms with van der Waals surface area (Å²) in [4.78, 5) is 11.6. The summed E-state index contributed by atoms with van der Waals surface area (Å²) in [5, 5.41) is 0. The summed E-state index contributed by atoms with van der Waals surface area (Å²) >= 11 is 0. The topological polar surface area (TPSA) is 113 Å². The number of hydrogen-bond donors (Lipinski definition) is 0. The highest BCUT2D eigenvalue weighted by Gasteiger charge is 2.64. The van der Waals surface area contributed by atoms with Crippen LogP contribution in [-0.2, 0) is 38.5 Å². The van der Waals surface area contributed by atoms with Crippen molar-refractivity contribution in [2.24, 2.45) is 5.92 Å². The van der Waals surface area contributed by atoms with Crippen molar-refractivity contribution in [3.05, 3.63) is 72.8 Å². The van der Waals surface area contributed by atoms with Gasteiger partial charge < -0.3 is 14.0 Å². The second kappa shape index (κ2) is 10.2. The van der Waals surface area contributed by atoms with Gasteiger partial charge in [-0.15, -0.1) is 0 Å². The minimum absolute atomic E-state index is 0.0925. The molecule has 8 nitrogen and oxygen atoms in total. The molecule has 0 radical (unpaired) electrons. The molecule has 0 bridgehead atoms. The van der Waals surface area contributed by atoms with Gasteiger partial charge in [-0.3, -0.25) is 4.79 Å². The molecule has 2 fully saturated rings. The van der Waals surface area contributed by atoms with Crippen LogP contribution >= 0.6 is 0 Å². The molecule has 0 spiro atoms. The van der Waals surface area contributed by atoms with Crippen molar-refractivity contribution in [2.45, 2.75) is 78.3 Å². The van der Waals surface area contributed by atoms with Crippen molar-refractivity contribution in [1.29, 1.82) is 0 Å². The molecule has 0 N–H and O–H groups in total. The third-order valence-corrected chi connectivity index (χ3v) is 13.9. The van der Waals surface area contributed by atoms with Gasteiger partial charge in [0, 0.05) is 19.2 Å². The van der Waals surface area contributed by atoms with E-state index in [1.165, 1.54) is 31.2 Å². The molecule has 210 valence electrons. The zero-order chi connectivity index (χ0) is 28.9. The summed E-state index contributed by atoms with van der Waals surface area (Å²) < 4.78 is 73.0. The highest BCUT2D eigenvalue weighted by molar-refractivity contribution is 8.10. The van der Waals surface area contributed by atoms with E-state index < -0.39 is 59.8 Å². The number of allylic oxidation sites excluding steroid dienone is 1. The Balaban J connectivity index is 1.86. The minimum Gasteiger partial charge on any atom is -0.466 e. The van der Waals surface area contributed by atoms with E-state index in [1.807, 2.05) is 27.7 Å². The molecular formula is C28H35BO8S2. The normalized spacial score (nSPS) is 22.9. The first-order valence-electron chi connectivity index (χ1n) is 12.8. The van der Waals surface area contributed by atoms with Crippen LogP contribution < -0.4 is 0 Å². The number of sulfone groups is 2. The van der Waals surface area contributed by atoms with E-state index in [0.29, 0.717) is 5.57 Å². The molecule has 2 aromatic rings. The van der Waals surface area contributed by atoms with Crippen LogP contribution in [0.4, 0.5) is 0 Å². The first kappa shape index (κ1) is 29.5. The molecule has 0 aromatic heterocycles. The van der Waals surface area contributed by atoms with Gasteiger partial charge in [0.1, 0.15) is 0 Å². The predicted molar refractivity (Wildman–Crippen MR) is 148 cm³/mol. The molecule has 1 aliphatic heterocycles. The third kappa shape index (κ3) is 4.99. The standard InChI is InChI=1S/C28H35BO8S2/c1-20-17-28(38(31,32)22-13-9-7-10-14-22,39(33,34)23-15-11-8-12-16-23)18-24(20)25(19-35-21(2)30)29-36-26(3,4)27(5,6)37-29/h7-16,24-25H,1,17-19H2,2-6H3/t24-,25-/m0/s1. The Morgan fingerprint density at radius 1 is 0.923 bits per heavy atom. The van der Waals surface area contributed by atoms with Crippen LogP contribution in [0.3, 0.4) is 0 Å². The molecule has 11 heteroatoms. The Morgan fingerprint density at radius 3 is 1.77 bits per heavy atom. The molecule has 1 heterocycles. The lowest BCUT2D eigenvalue weighted by atomic mass is 9.64. The highest BCUT2D eigenvalue weighted by atomic mass is 32.3. The second-order valence-electron chi connectivity index (χ2n) is 11.3. The van der Waals surface area contributed by atoms with Gasteiger partial charge in [-0.25, -0.2) is 16.8 Å². The maximum Gasteiger partial charge on any atom is 0.465 e. The number of hydrogen-bond acceptors (Lipinski definition) is 8. The summed E-state index contributed by atoms with van der Waals surface area (Å²) in [7, 11) is -9.77. The van der Waals surface area contributed by atoms with E-state index >= 15 is 0 Å². The first-order valence-corrected chi connectivity index (χ1v) is 15.8. The van der Waals surface area contributed by atoms with Crippen LogP contribution in [0.15, 0.2) is 82.6 Å². The highest BCUT2D eigenvalue weighted by Crippen LogP contribution is 2.56. The summed E-state index contributed by atoms with van der Waals surface area (Å²) in [6.45, 7) is 12.8. The number of carbonyl (C=O) groups excluding carboxylic acids is 1. The maximum atomic E-state index is 14.3. The van der Waals surface area contributed by atoms with Gasteiger partial charge in [0.05, 0.1) is 27.6 Å². The van der Waals surface area contributed by atoms with Crippen molar-refractivity contribution in [3.63, 3.8) is 0 Å². The number of esters is 1. The quantitative estimate of drug-likeness (QED) is 0.255. The van der Waals surface area contributed by atoms with Crippen LogP contribution in [0.25, 0.3) is 0 Å². The molecule has 2 aromatic carbocycles. The Bertz CT molecular complexity index is 1370. The minimum atomic E-state index is -4.44. The lowest BCUT2D eigenvalue weighted by Gasteiger charge is -2.32. The van der Waals surface area contributed by atoms with Crippen LogP contribution in [0.2, 0.25) is 5.82 Å². The maximum absolute atomic E-state index is 14.3. The average Bonchev–Trinajstić information content (AvgIpc) is 3.34. The molecule has 0 unspecified atom stereocenters. The molecular weight excluding hydrogens is 539 g/mol. The van der Waals surface area contributed by atoms with Gasteiger partial charge in [-0.2, -0.15) is 0 Å². The van der Waals surface area contributed by atoms with Crippen molar-refractivity contribution in [2.75, 3.05) is 6.61 Å². The Labute approximate surface area is 231 Å². The molecule has 1 saturated carbocycles. The SMILES string of the molecule is C=C1CC(S(=O)(=O)c2ccccc2)(S(=O)(=O)c2ccccc2)C[C@@H]1[C@H](COC(C)=O)B1OC(C)(C)C(C)(C)O1. The van der Waals surface area contributed by atoms with Crippen molar-refractivity contribution < 1.29 is 35.7 Å². The van der Waals surface area contributed by atoms with Gasteiger partial charge in [-0.1, -0.05) is 48.6 Å². The fourth-order valence-corrected chi connectivity index (χ4v) is 10.5. The monoisotopic (exact) mass is 574 g/mol. The second-order valence-corrected chi connectivity index (χ2v) is 16.1. The van der Waals surface area contributed by atoms with Gasteiger partial charge in [-0.05, 0) is 64.3 Å². The lowest BCUT2D eigenvalue weighted by Crippen LogP contribution is -2.45. The fraction of sp³-hybridized carbons (Fsp3) is 0.464. The molecule has 0 amide bonds. The zero-order valence-electron chi connectivity index (χ0n) is 22.9. The summed E-state index contributed by atoms with van der Waals surface area (Å²) in [6.07, 6.45) is -0.613. The van der Waals surface area contributed by atoms with E-state index in [0.717, 1.165) is 0 Å². The zero-order valence-corrected chi connectivity index (χ0v) is 24.5. The average molecular weight is 575 g/mol. The van der Waals surface area contributed by atoms with Crippen LogP contribution in [0.1, 0.15) is 47.5 Å². The molecule has 39 heavy (non-hydrogen) atoms. The van der Waals surface area contributed by atoms with E-state index in [4.69, 9.17) is 14.0 Å². The molecule has 2 atom stereocenters. The summed E-state index contributed by atoms with van der Waals surface area (Å²) in [5.41, 5.74) is -1.01. The van der Waals surface area contributed by atoms with Crippen LogP contribution in [0, 0.1) is 5.92 Å². The molecule has 1 aliphatic carbocycles. The largest absolute Gasteiger partial charge is 0.466 e. The lowest BCUT2D eigenvalue weighted by molar-refractivity contribution is -0.141. The van der Waals surface area contributed by atoms with E-state index in [1.54, 1.807) is 36.4 Å². The number of ether oxygens (including phenoxy) is 1. The Morgan fingerprint density at radius 2 is 1.36 bits per heavy atom. The molecule has 1 saturated heterocycles. The summed E-state index contributed by atoms with van der Waals surface area (Å²) in [6, 6.07) is 15.2. The number of benzene rings is 2. The van der Waals surface area contributed by atoms with E-state index in [-0.39, 0.29) is 29.2 Å². The Hall–Kier alpha value is -2.47. The fourth-order valence-electron chi connectivity index (χ4n) is 5.33. The van der Waals surface area contributed by atoms with E-state index in [9.17, 15) is 21.6 Å². The molecule has 2 aliphatic rings. The van der Waals surface area contributed by atoms with Crippen molar-refractivity contribution in [3.8, 4) is 0 Å². The summed E-state index contributed by atoms with van der Waals surface area (Å²) in [5.74, 6) is -1.92. The first-order chi connectivity index (χ1) is 18.1. The van der Waals surface area contributed by atoms with Gasteiger partial charge in [0.2, 0.25) is 0 Å². The van der Waals surface area contributed by atoms with Gasteiger partial charge in [0.15, 0.2) is 23.8 Å². The van der Waals surface area contributed by atoms with Gasteiger partial charge >= 0.3 is 13.1 Å². The Kier molecular flexibility index (Phi) is 7.70. The predicted octanol–water partition coefficient (Wildman–Crippen LogP) is 4.62. The third-order valence-electron chi connectivity index (χ3n) is 8.26. The number of rotatable bonds is 8. The van der Waals surface area contributed by atoms with Crippen molar-refractivity contribution >= 4 is 32.8 Å². The smallest absolute Gasteiger partial charge is 0.465 e. The molecule has 4 rings (SSSR count). The van der Waals surface area contributed by atoms with Crippen molar-refractivity contribution in [1.82, 2.24) is 0 Å². The van der Waals surface area contributed by atoms with Crippen LogP contribution in [-0.4, -0.2) is 51.8 Å². The van der Waals surface area contributed by atoms with E-state index in [2.05, 4.69) is 6.58 Å².